The average molecular weight is 394 g/mol. The summed E-state index contributed by atoms with van der Waals surface area (Å²) in [5.74, 6) is -0.601. The van der Waals surface area contributed by atoms with Crippen LogP contribution in [0.15, 0.2) is 46.4 Å². The van der Waals surface area contributed by atoms with Gasteiger partial charge in [0.05, 0.1) is 22.3 Å². The number of nitrogens with two attached hydrogens (primary N) is 1. The van der Waals surface area contributed by atoms with Gasteiger partial charge in [0.1, 0.15) is 12.1 Å². The third kappa shape index (κ3) is 3.58. The predicted octanol–water partition coefficient (Wildman–Crippen LogP) is 1.91. The van der Waals surface area contributed by atoms with Gasteiger partial charge in [-0.15, -0.1) is 0 Å². The molecular formula is C21H23FN6O. The summed E-state index contributed by atoms with van der Waals surface area (Å²) in [6.07, 6.45) is 2.88. The van der Waals surface area contributed by atoms with Crippen molar-refractivity contribution in [2.24, 2.45) is 4.99 Å². The maximum atomic E-state index is 14.3. The Kier molecular flexibility index (Phi) is 5.02. The fraction of sp³-hybridized carbons (Fsp3) is 0.286. The highest BCUT2D eigenvalue weighted by molar-refractivity contribution is 5.88. The van der Waals surface area contributed by atoms with Crippen molar-refractivity contribution in [2.45, 2.75) is 0 Å². The minimum absolute atomic E-state index is 0.00139. The molecule has 29 heavy (non-hydrogen) atoms. The first kappa shape index (κ1) is 19.1. The molecule has 8 heteroatoms. The largest absolute Gasteiger partial charge is 0.396 e. The average Bonchev–Trinajstić information content (AvgIpc) is 2.72. The summed E-state index contributed by atoms with van der Waals surface area (Å²) >= 11 is 0. The number of hydrogen-bond donors (Lipinski definition) is 1. The quantitative estimate of drug-likeness (QED) is 0.542. The first-order valence-electron chi connectivity index (χ1n) is 9.44. The van der Waals surface area contributed by atoms with Crippen molar-refractivity contribution in [3.05, 3.63) is 58.4 Å². The summed E-state index contributed by atoms with van der Waals surface area (Å²) < 4.78 is 15.6. The van der Waals surface area contributed by atoms with Crippen LogP contribution in [0.5, 0.6) is 0 Å². The van der Waals surface area contributed by atoms with Crippen LogP contribution in [0.1, 0.15) is 5.56 Å². The lowest BCUT2D eigenvalue weighted by atomic mass is 10.1. The Hall–Kier alpha value is -3.26. The minimum Gasteiger partial charge on any atom is -0.396 e. The molecule has 0 radical (unpaired) electrons. The summed E-state index contributed by atoms with van der Waals surface area (Å²) in [7, 11) is 3.68. The molecule has 0 unspecified atom stereocenters. The number of piperazine rings is 1. The number of fused-ring (bicyclic) bond motifs is 1. The van der Waals surface area contributed by atoms with Gasteiger partial charge < -0.3 is 15.5 Å². The molecule has 0 aliphatic carbocycles. The molecule has 1 aliphatic heterocycles. The molecule has 150 valence electrons. The first-order chi connectivity index (χ1) is 14.0. The van der Waals surface area contributed by atoms with Crippen LogP contribution >= 0.6 is 0 Å². The van der Waals surface area contributed by atoms with Gasteiger partial charge in [0.2, 0.25) is 0 Å². The first-order valence-corrected chi connectivity index (χ1v) is 9.44. The Labute approximate surface area is 167 Å². The van der Waals surface area contributed by atoms with Crippen LogP contribution in [0.3, 0.4) is 0 Å². The van der Waals surface area contributed by atoms with E-state index in [0.29, 0.717) is 22.2 Å². The summed E-state index contributed by atoms with van der Waals surface area (Å²) in [6, 6.07) is 8.58. The van der Waals surface area contributed by atoms with Gasteiger partial charge in [-0.3, -0.25) is 14.4 Å². The highest BCUT2D eigenvalue weighted by Gasteiger charge is 2.16. The van der Waals surface area contributed by atoms with Gasteiger partial charge >= 0.3 is 0 Å². The maximum absolute atomic E-state index is 14.3. The lowest BCUT2D eigenvalue weighted by molar-refractivity contribution is 0.313. The van der Waals surface area contributed by atoms with Crippen molar-refractivity contribution >= 4 is 28.5 Å². The van der Waals surface area contributed by atoms with E-state index in [4.69, 9.17) is 5.73 Å². The van der Waals surface area contributed by atoms with Crippen LogP contribution in [-0.2, 0) is 0 Å². The Morgan fingerprint density at radius 1 is 1.14 bits per heavy atom. The van der Waals surface area contributed by atoms with Gasteiger partial charge in [-0.25, -0.2) is 9.37 Å². The highest BCUT2D eigenvalue weighted by Crippen LogP contribution is 2.22. The third-order valence-corrected chi connectivity index (χ3v) is 5.30. The van der Waals surface area contributed by atoms with Gasteiger partial charge in [0, 0.05) is 56.8 Å². The molecule has 0 amide bonds. The van der Waals surface area contributed by atoms with Gasteiger partial charge in [0.25, 0.3) is 5.56 Å². The van der Waals surface area contributed by atoms with E-state index in [1.54, 1.807) is 13.1 Å². The summed E-state index contributed by atoms with van der Waals surface area (Å²) in [5.41, 5.74) is 7.89. The zero-order valence-corrected chi connectivity index (χ0v) is 16.5. The van der Waals surface area contributed by atoms with Crippen molar-refractivity contribution < 1.29 is 4.39 Å². The van der Waals surface area contributed by atoms with Gasteiger partial charge in [-0.2, -0.15) is 0 Å². The number of benzene rings is 2. The molecule has 3 aromatic rings. The van der Waals surface area contributed by atoms with Gasteiger partial charge in [-0.05, 0) is 31.3 Å². The van der Waals surface area contributed by atoms with Crippen LogP contribution in [-0.4, -0.2) is 60.9 Å². The molecule has 1 fully saturated rings. The molecule has 0 saturated carbocycles. The number of rotatable bonds is 3. The van der Waals surface area contributed by atoms with E-state index in [1.165, 1.54) is 23.2 Å². The van der Waals surface area contributed by atoms with Gasteiger partial charge in [-0.1, -0.05) is 0 Å². The molecule has 0 bridgehead atoms. The van der Waals surface area contributed by atoms with E-state index in [1.807, 2.05) is 18.2 Å². The number of halogens is 1. The number of aliphatic imine (C=N–C) groups is 1. The lowest BCUT2D eigenvalue weighted by Crippen LogP contribution is -2.44. The third-order valence-electron chi connectivity index (χ3n) is 5.30. The predicted molar refractivity (Wildman–Crippen MR) is 115 cm³/mol. The number of nitrogen functional groups attached to an aromatic ring is 1. The van der Waals surface area contributed by atoms with E-state index in [0.717, 1.165) is 31.9 Å². The lowest BCUT2D eigenvalue weighted by Gasteiger charge is -2.34. The summed E-state index contributed by atoms with van der Waals surface area (Å²) in [6.45, 7) is 3.75. The number of anilines is 2. The Morgan fingerprint density at radius 2 is 1.90 bits per heavy atom. The monoisotopic (exact) mass is 394 g/mol. The van der Waals surface area contributed by atoms with Crippen LogP contribution in [0, 0.1) is 5.82 Å². The minimum atomic E-state index is -0.601. The Bertz CT molecular complexity index is 1150. The molecule has 1 aliphatic rings. The zero-order valence-electron chi connectivity index (χ0n) is 16.5. The number of aromatic nitrogens is 2. The second kappa shape index (κ2) is 7.63. The Balaban J connectivity index is 1.81. The fourth-order valence-corrected chi connectivity index (χ4v) is 3.56. The van der Waals surface area contributed by atoms with Crippen molar-refractivity contribution in [2.75, 3.05) is 50.9 Å². The van der Waals surface area contributed by atoms with Crippen molar-refractivity contribution in [3.8, 4) is 5.69 Å². The zero-order chi connectivity index (χ0) is 20.5. The molecule has 4 rings (SSSR count). The smallest absolute Gasteiger partial charge is 0.265 e. The molecule has 0 spiro atoms. The second-order valence-corrected chi connectivity index (χ2v) is 7.23. The Morgan fingerprint density at radius 3 is 2.62 bits per heavy atom. The number of likely N-dealkylation sites (N-methyl/N-ethyl adjacent to an activating group) is 1. The fourth-order valence-electron chi connectivity index (χ4n) is 3.56. The topological polar surface area (TPSA) is 79.8 Å². The standard InChI is InChI=1S/C21H23FN6O/c1-24-12-14-9-16(11-18(22)20(14)23)28-13-25-19-4-3-15(10-17(19)21(28)29)27-7-5-26(2)6-8-27/h3-4,9-13H,5-8,23H2,1-2H3. The van der Waals surface area contributed by atoms with E-state index >= 15 is 0 Å². The van der Waals surface area contributed by atoms with Crippen molar-refractivity contribution in [1.82, 2.24) is 14.5 Å². The molecule has 2 N–H and O–H groups in total. The van der Waals surface area contributed by atoms with E-state index in [-0.39, 0.29) is 11.2 Å². The van der Waals surface area contributed by atoms with Crippen LogP contribution in [0.2, 0.25) is 0 Å². The molecule has 2 aromatic carbocycles. The molecule has 7 nitrogen and oxygen atoms in total. The highest BCUT2D eigenvalue weighted by atomic mass is 19.1. The van der Waals surface area contributed by atoms with E-state index in [9.17, 15) is 9.18 Å². The number of nitrogens with zero attached hydrogens (tertiary/aromatic N) is 5. The van der Waals surface area contributed by atoms with Crippen molar-refractivity contribution in [1.29, 1.82) is 0 Å². The molecular weight excluding hydrogens is 371 g/mol. The summed E-state index contributed by atoms with van der Waals surface area (Å²) in [5, 5.41) is 0.492. The van der Waals surface area contributed by atoms with E-state index in [2.05, 4.69) is 26.8 Å². The maximum Gasteiger partial charge on any atom is 0.265 e. The van der Waals surface area contributed by atoms with Gasteiger partial charge in [0.15, 0.2) is 0 Å². The van der Waals surface area contributed by atoms with Crippen LogP contribution < -0.4 is 16.2 Å². The summed E-state index contributed by atoms with van der Waals surface area (Å²) in [4.78, 5) is 26.0. The normalized spacial score (nSPS) is 15.5. The second-order valence-electron chi connectivity index (χ2n) is 7.23. The number of hydrogen-bond acceptors (Lipinski definition) is 6. The van der Waals surface area contributed by atoms with E-state index < -0.39 is 5.82 Å². The SMILES string of the molecule is CN=Cc1cc(-n2cnc3ccc(N4CCN(C)CC4)cc3c2=O)cc(F)c1N. The van der Waals surface area contributed by atoms with Crippen LogP contribution in [0.4, 0.5) is 15.8 Å². The molecule has 1 aromatic heterocycles. The molecule has 2 heterocycles. The van der Waals surface area contributed by atoms with Crippen LogP contribution in [0.25, 0.3) is 16.6 Å². The molecule has 1 saturated heterocycles. The molecule has 0 atom stereocenters. The van der Waals surface area contributed by atoms with Crippen molar-refractivity contribution in [3.63, 3.8) is 0 Å².